The van der Waals surface area contributed by atoms with Crippen molar-refractivity contribution in [3.63, 3.8) is 0 Å². The van der Waals surface area contributed by atoms with E-state index < -0.39 is 0 Å². The van der Waals surface area contributed by atoms with Crippen LogP contribution in [0.3, 0.4) is 0 Å². The van der Waals surface area contributed by atoms with Gasteiger partial charge in [-0.25, -0.2) is 0 Å². The zero-order valence-electron chi connectivity index (χ0n) is 13.0. The van der Waals surface area contributed by atoms with Gasteiger partial charge in [-0.3, -0.25) is 4.68 Å². The van der Waals surface area contributed by atoms with Gasteiger partial charge in [-0.1, -0.05) is 44.5 Å². The van der Waals surface area contributed by atoms with Crippen LogP contribution in [0.1, 0.15) is 48.7 Å². The monoisotopic (exact) mass is 271 g/mol. The zero-order valence-corrected chi connectivity index (χ0v) is 13.0. The normalized spacial score (nSPS) is 12.6. The number of hydrogen-bond donors (Lipinski definition) is 1. The van der Waals surface area contributed by atoms with Crippen molar-refractivity contribution in [2.45, 2.75) is 39.7 Å². The van der Waals surface area contributed by atoms with Crippen LogP contribution in [0.15, 0.2) is 30.5 Å². The molecule has 0 saturated heterocycles. The SMILES string of the molecule is CCCc1cccc(C(NCC)c2cnn(C)c2C)c1. The van der Waals surface area contributed by atoms with E-state index in [1.807, 2.05) is 17.9 Å². The van der Waals surface area contributed by atoms with Crippen LogP contribution in [0.5, 0.6) is 0 Å². The topological polar surface area (TPSA) is 29.9 Å². The van der Waals surface area contributed by atoms with Gasteiger partial charge in [-0.15, -0.1) is 0 Å². The van der Waals surface area contributed by atoms with Crippen molar-refractivity contribution in [1.82, 2.24) is 15.1 Å². The summed E-state index contributed by atoms with van der Waals surface area (Å²) < 4.78 is 1.94. The largest absolute Gasteiger partial charge is 0.306 e. The van der Waals surface area contributed by atoms with Crippen LogP contribution in [0.2, 0.25) is 0 Å². The molecule has 0 aliphatic carbocycles. The van der Waals surface area contributed by atoms with Crippen molar-refractivity contribution in [1.29, 1.82) is 0 Å². The predicted molar refractivity (Wildman–Crippen MR) is 83.9 cm³/mol. The van der Waals surface area contributed by atoms with Crippen molar-refractivity contribution < 1.29 is 0 Å². The third-order valence-electron chi connectivity index (χ3n) is 3.82. The Labute approximate surface area is 122 Å². The second kappa shape index (κ2) is 6.71. The average molecular weight is 271 g/mol. The highest BCUT2D eigenvalue weighted by molar-refractivity contribution is 5.35. The predicted octanol–water partition coefficient (Wildman–Crippen LogP) is 3.38. The van der Waals surface area contributed by atoms with Gasteiger partial charge in [0.1, 0.15) is 0 Å². The summed E-state index contributed by atoms with van der Waals surface area (Å²) in [6.07, 6.45) is 4.30. The molecule has 1 N–H and O–H groups in total. The molecule has 2 aromatic rings. The molecular formula is C17H25N3. The van der Waals surface area contributed by atoms with Crippen LogP contribution in [0.4, 0.5) is 0 Å². The molecule has 2 rings (SSSR count). The maximum absolute atomic E-state index is 4.38. The molecule has 108 valence electrons. The fraction of sp³-hybridized carbons (Fsp3) is 0.471. The van der Waals surface area contributed by atoms with E-state index >= 15 is 0 Å². The summed E-state index contributed by atoms with van der Waals surface area (Å²) in [7, 11) is 2.00. The maximum Gasteiger partial charge on any atom is 0.0610 e. The zero-order chi connectivity index (χ0) is 14.5. The minimum absolute atomic E-state index is 0.227. The summed E-state index contributed by atoms with van der Waals surface area (Å²) in [4.78, 5) is 0. The van der Waals surface area contributed by atoms with Crippen molar-refractivity contribution >= 4 is 0 Å². The van der Waals surface area contributed by atoms with Crippen molar-refractivity contribution in [2.24, 2.45) is 7.05 Å². The van der Waals surface area contributed by atoms with Crippen LogP contribution in [0.25, 0.3) is 0 Å². The number of nitrogens with zero attached hydrogens (tertiary/aromatic N) is 2. The van der Waals surface area contributed by atoms with Gasteiger partial charge in [-0.2, -0.15) is 5.10 Å². The summed E-state index contributed by atoms with van der Waals surface area (Å²) in [6, 6.07) is 9.13. The Morgan fingerprint density at radius 3 is 2.70 bits per heavy atom. The number of benzene rings is 1. The molecule has 1 heterocycles. The molecular weight excluding hydrogens is 246 g/mol. The number of aromatic nitrogens is 2. The first-order chi connectivity index (χ1) is 9.67. The van der Waals surface area contributed by atoms with Gasteiger partial charge >= 0.3 is 0 Å². The van der Waals surface area contributed by atoms with Gasteiger partial charge in [0, 0.05) is 18.3 Å². The van der Waals surface area contributed by atoms with E-state index in [-0.39, 0.29) is 6.04 Å². The molecule has 1 aromatic carbocycles. The Bertz CT molecular complexity index is 557. The van der Waals surface area contributed by atoms with Gasteiger partial charge in [0.2, 0.25) is 0 Å². The third kappa shape index (κ3) is 3.10. The molecule has 0 aliphatic rings. The van der Waals surface area contributed by atoms with Gasteiger partial charge in [0.05, 0.1) is 12.2 Å². The molecule has 3 heteroatoms. The standard InChI is InChI=1S/C17H25N3/c1-5-8-14-9-7-10-15(11-14)17(18-6-2)16-12-19-20(4)13(16)3/h7,9-12,17-18H,5-6,8H2,1-4H3. The quantitative estimate of drug-likeness (QED) is 0.873. The fourth-order valence-electron chi connectivity index (χ4n) is 2.63. The molecule has 0 aliphatic heterocycles. The van der Waals surface area contributed by atoms with Crippen molar-refractivity contribution in [2.75, 3.05) is 6.54 Å². The molecule has 0 radical (unpaired) electrons. The van der Waals surface area contributed by atoms with Crippen LogP contribution >= 0.6 is 0 Å². The highest BCUT2D eigenvalue weighted by atomic mass is 15.3. The number of hydrogen-bond acceptors (Lipinski definition) is 2. The Morgan fingerprint density at radius 2 is 2.10 bits per heavy atom. The number of rotatable bonds is 6. The van der Waals surface area contributed by atoms with Crippen LogP contribution in [-0.2, 0) is 13.5 Å². The van der Waals surface area contributed by atoms with Gasteiger partial charge in [0.25, 0.3) is 0 Å². The second-order valence-corrected chi connectivity index (χ2v) is 5.29. The first-order valence-corrected chi connectivity index (χ1v) is 7.48. The molecule has 1 unspecified atom stereocenters. The summed E-state index contributed by atoms with van der Waals surface area (Å²) in [5.74, 6) is 0. The van der Waals surface area contributed by atoms with Gasteiger partial charge in [0.15, 0.2) is 0 Å². The third-order valence-corrected chi connectivity index (χ3v) is 3.82. The molecule has 20 heavy (non-hydrogen) atoms. The van der Waals surface area contributed by atoms with E-state index in [4.69, 9.17) is 0 Å². The fourth-order valence-corrected chi connectivity index (χ4v) is 2.63. The van der Waals surface area contributed by atoms with Crippen molar-refractivity contribution in [3.8, 4) is 0 Å². The lowest BCUT2D eigenvalue weighted by molar-refractivity contribution is 0.624. The Morgan fingerprint density at radius 1 is 1.30 bits per heavy atom. The summed E-state index contributed by atoms with van der Waals surface area (Å²) >= 11 is 0. The molecule has 0 amide bonds. The van der Waals surface area contributed by atoms with Gasteiger partial charge < -0.3 is 5.32 Å². The highest BCUT2D eigenvalue weighted by Crippen LogP contribution is 2.25. The second-order valence-electron chi connectivity index (χ2n) is 5.29. The molecule has 1 atom stereocenters. The Hall–Kier alpha value is -1.61. The average Bonchev–Trinajstić information content (AvgIpc) is 2.77. The minimum atomic E-state index is 0.227. The van der Waals surface area contributed by atoms with Crippen LogP contribution < -0.4 is 5.32 Å². The van der Waals surface area contributed by atoms with E-state index in [0.717, 1.165) is 13.0 Å². The van der Waals surface area contributed by atoms with Crippen LogP contribution in [-0.4, -0.2) is 16.3 Å². The molecule has 0 saturated carbocycles. The molecule has 0 bridgehead atoms. The van der Waals surface area contributed by atoms with E-state index in [1.54, 1.807) is 0 Å². The highest BCUT2D eigenvalue weighted by Gasteiger charge is 2.18. The maximum atomic E-state index is 4.38. The first kappa shape index (κ1) is 14.8. The number of nitrogens with one attached hydrogen (secondary N) is 1. The summed E-state index contributed by atoms with van der Waals surface area (Å²) in [6.45, 7) is 7.44. The van der Waals surface area contributed by atoms with E-state index in [9.17, 15) is 0 Å². The first-order valence-electron chi connectivity index (χ1n) is 7.48. The van der Waals surface area contributed by atoms with E-state index in [1.165, 1.54) is 28.8 Å². The lowest BCUT2D eigenvalue weighted by atomic mass is 9.96. The van der Waals surface area contributed by atoms with E-state index in [0.29, 0.717) is 0 Å². The number of aryl methyl sites for hydroxylation is 2. The van der Waals surface area contributed by atoms with Gasteiger partial charge in [-0.05, 0) is 31.0 Å². The van der Waals surface area contributed by atoms with Crippen molar-refractivity contribution in [3.05, 3.63) is 52.8 Å². The molecule has 0 spiro atoms. The van der Waals surface area contributed by atoms with Crippen LogP contribution in [0, 0.1) is 6.92 Å². The summed E-state index contributed by atoms with van der Waals surface area (Å²) in [5.41, 5.74) is 5.23. The Balaban J connectivity index is 2.37. The smallest absolute Gasteiger partial charge is 0.0610 e. The van der Waals surface area contributed by atoms with E-state index in [2.05, 4.69) is 55.5 Å². The lowest BCUT2D eigenvalue weighted by Gasteiger charge is -2.19. The minimum Gasteiger partial charge on any atom is -0.306 e. The molecule has 0 fully saturated rings. The Kier molecular flexibility index (Phi) is 4.96. The molecule has 1 aromatic heterocycles. The lowest BCUT2D eigenvalue weighted by Crippen LogP contribution is -2.22. The summed E-state index contributed by atoms with van der Waals surface area (Å²) in [5, 5.41) is 7.97. The molecule has 3 nitrogen and oxygen atoms in total.